The molecule has 0 N–H and O–H groups in total. The molecule has 0 aliphatic heterocycles. The third-order valence-electron chi connectivity index (χ3n) is 1.20. The Morgan fingerprint density at radius 1 is 1.62 bits per heavy atom. The molecular formula is C7H9ClN2O2S. The van der Waals surface area contributed by atoms with Crippen LogP contribution in [0, 0.1) is 0 Å². The summed E-state index contributed by atoms with van der Waals surface area (Å²) >= 11 is 5.66. The second-order valence-electron chi connectivity index (χ2n) is 2.20. The van der Waals surface area contributed by atoms with E-state index in [4.69, 9.17) is 16.3 Å². The lowest BCUT2D eigenvalue weighted by Gasteiger charge is -2.02. The molecule has 4 nitrogen and oxygen atoms in total. The van der Waals surface area contributed by atoms with Crippen molar-refractivity contribution in [1.82, 2.24) is 9.97 Å². The van der Waals surface area contributed by atoms with Gasteiger partial charge < -0.3 is 4.74 Å². The predicted octanol–water partition coefficient (Wildman–Crippen LogP) is 1.27. The largest absolute Gasteiger partial charge is 0.478 e. The first-order valence-electron chi connectivity index (χ1n) is 3.64. The van der Waals surface area contributed by atoms with Gasteiger partial charge in [-0.2, -0.15) is 4.98 Å². The number of ether oxygens (including phenoxy) is 1. The summed E-state index contributed by atoms with van der Waals surface area (Å²) in [6.07, 6.45) is 1.49. The van der Waals surface area contributed by atoms with Crippen LogP contribution in [-0.4, -0.2) is 27.0 Å². The number of hydrogen-bond donors (Lipinski definition) is 0. The minimum atomic E-state index is -1.24. The number of aromatic nitrogens is 2. The van der Waals surface area contributed by atoms with Gasteiger partial charge in [0, 0.05) is 12.3 Å². The molecule has 1 heterocycles. The van der Waals surface area contributed by atoms with Crippen molar-refractivity contribution in [2.45, 2.75) is 12.1 Å². The molecule has 1 aromatic heterocycles. The van der Waals surface area contributed by atoms with E-state index in [0.717, 1.165) is 0 Å². The Morgan fingerprint density at radius 2 is 2.31 bits per heavy atom. The lowest BCUT2D eigenvalue weighted by molar-refractivity contribution is 0.323. The number of hydrogen-bond acceptors (Lipinski definition) is 4. The van der Waals surface area contributed by atoms with E-state index in [-0.39, 0.29) is 10.3 Å². The highest BCUT2D eigenvalue weighted by molar-refractivity contribution is 7.84. The van der Waals surface area contributed by atoms with Crippen LogP contribution in [0.3, 0.4) is 0 Å². The first-order valence-corrected chi connectivity index (χ1v) is 5.58. The monoisotopic (exact) mass is 220 g/mol. The molecule has 0 radical (unpaired) electrons. The zero-order chi connectivity index (χ0) is 9.84. The Morgan fingerprint density at radius 3 is 2.85 bits per heavy atom. The number of nitrogens with zero attached hydrogens (tertiary/aromatic N) is 2. The highest BCUT2D eigenvalue weighted by atomic mass is 35.5. The highest BCUT2D eigenvalue weighted by Crippen LogP contribution is 2.14. The fourth-order valence-corrected chi connectivity index (χ4v) is 1.40. The van der Waals surface area contributed by atoms with Crippen molar-refractivity contribution >= 4 is 22.4 Å². The van der Waals surface area contributed by atoms with Gasteiger partial charge in [0.1, 0.15) is 5.15 Å². The minimum Gasteiger partial charge on any atom is -0.478 e. The molecule has 72 valence electrons. The molecule has 0 saturated carbocycles. The molecule has 0 spiro atoms. The van der Waals surface area contributed by atoms with Gasteiger partial charge in [0.2, 0.25) is 11.0 Å². The minimum absolute atomic E-state index is 0.191. The predicted molar refractivity (Wildman–Crippen MR) is 50.5 cm³/mol. The van der Waals surface area contributed by atoms with Gasteiger partial charge in [0.25, 0.3) is 0 Å². The maximum absolute atomic E-state index is 11.0. The van der Waals surface area contributed by atoms with Gasteiger partial charge in [-0.25, -0.2) is 4.98 Å². The van der Waals surface area contributed by atoms with Gasteiger partial charge in [-0.15, -0.1) is 0 Å². The van der Waals surface area contributed by atoms with Crippen molar-refractivity contribution in [3.05, 3.63) is 11.2 Å². The third kappa shape index (κ3) is 2.93. The summed E-state index contributed by atoms with van der Waals surface area (Å²) in [6, 6.07) is 1.49. The summed E-state index contributed by atoms with van der Waals surface area (Å²) in [5.74, 6) is 0.354. The van der Waals surface area contributed by atoms with E-state index < -0.39 is 10.8 Å². The maximum Gasteiger partial charge on any atom is 0.222 e. The van der Waals surface area contributed by atoms with E-state index in [0.29, 0.717) is 12.5 Å². The van der Waals surface area contributed by atoms with E-state index in [1.54, 1.807) is 0 Å². The number of rotatable bonds is 3. The quantitative estimate of drug-likeness (QED) is 0.569. The van der Waals surface area contributed by atoms with Crippen molar-refractivity contribution in [3.8, 4) is 5.88 Å². The van der Waals surface area contributed by atoms with E-state index in [9.17, 15) is 4.21 Å². The third-order valence-corrected chi connectivity index (χ3v) is 2.09. The molecule has 1 atom stereocenters. The van der Waals surface area contributed by atoms with E-state index in [1.807, 2.05) is 6.92 Å². The van der Waals surface area contributed by atoms with Crippen LogP contribution in [-0.2, 0) is 10.8 Å². The van der Waals surface area contributed by atoms with E-state index in [2.05, 4.69) is 9.97 Å². The molecule has 0 fully saturated rings. The van der Waals surface area contributed by atoms with Crippen molar-refractivity contribution in [1.29, 1.82) is 0 Å². The summed E-state index contributed by atoms with van der Waals surface area (Å²) in [7, 11) is -1.24. The second-order valence-corrected chi connectivity index (χ2v) is 3.86. The van der Waals surface area contributed by atoms with Crippen molar-refractivity contribution in [2.24, 2.45) is 0 Å². The Kier molecular flexibility index (Phi) is 3.62. The molecule has 0 amide bonds. The summed E-state index contributed by atoms with van der Waals surface area (Å²) in [4.78, 5) is 7.69. The first-order chi connectivity index (χ1) is 6.13. The van der Waals surface area contributed by atoms with Crippen LogP contribution in [0.2, 0.25) is 5.15 Å². The average Bonchev–Trinajstić information content (AvgIpc) is 2.03. The van der Waals surface area contributed by atoms with Crippen molar-refractivity contribution in [3.63, 3.8) is 0 Å². The van der Waals surface area contributed by atoms with Crippen LogP contribution in [0.4, 0.5) is 0 Å². The first kappa shape index (κ1) is 10.4. The fourth-order valence-electron chi connectivity index (χ4n) is 0.727. The molecule has 0 aliphatic rings. The normalized spacial score (nSPS) is 12.5. The second kappa shape index (κ2) is 4.53. The molecule has 13 heavy (non-hydrogen) atoms. The SMILES string of the molecule is CCOc1cc(Cl)nc([S@@](C)=O)n1. The summed E-state index contributed by atoms with van der Waals surface area (Å²) < 4.78 is 16.1. The molecular weight excluding hydrogens is 212 g/mol. The molecule has 1 aromatic rings. The lowest BCUT2D eigenvalue weighted by Crippen LogP contribution is -2.01. The zero-order valence-electron chi connectivity index (χ0n) is 7.28. The Bertz CT molecular complexity index is 332. The van der Waals surface area contributed by atoms with Crippen LogP contribution in [0.1, 0.15) is 6.92 Å². The zero-order valence-corrected chi connectivity index (χ0v) is 8.85. The molecule has 0 aliphatic carbocycles. The van der Waals surface area contributed by atoms with Crippen LogP contribution in [0.15, 0.2) is 11.2 Å². The standard InChI is InChI=1S/C7H9ClN2O2S/c1-3-12-6-4-5(8)9-7(10-6)13(2)11/h4H,3H2,1-2H3/t13-/m1/s1. The maximum atomic E-state index is 11.0. The Labute approximate surface area is 83.8 Å². The fraction of sp³-hybridized carbons (Fsp3) is 0.429. The van der Waals surface area contributed by atoms with E-state index >= 15 is 0 Å². The Hall–Kier alpha value is -0.680. The van der Waals surface area contributed by atoms with Crippen LogP contribution >= 0.6 is 11.6 Å². The molecule has 0 saturated heterocycles. The number of halogens is 1. The highest BCUT2D eigenvalue weighted by Gasteiger charge is 2.06. The molecule has 6 heteroatoms. The Balaban J connectivity index is 3.03. The van der Waals surface area contributed by atoms with Gasteiger partial charge in [-0.1, -0.05) is 11.6 Å². The van der Waals surface area contributed by atoms with Gasteiger partial charge >= 0.3 is 0 Å². The average molecular weight is 221 g/mol. The lowest BCUT2D eigenvalue weighted by atomic mass is 10.6. The van der Waals surface area contributed by atoms with Gasteiger partial charge in [0.05, 0.1) is 17.4 Å². The smallest absolute Gasteiger partial charge is 0.222 e. The van der Waals surface area contributed by atoms with Crippen molar-refractivity contribution < 1.29 is 8.95 Å². The molecule has 0 unspecified atom stereocenters. The summed E-state index contributed by atoms with van der Waals surface area (Å²) in [6.45, 7) is 2.32. The summed E-state index contributed by atoms with van der Waals surface area (Å²) in [5.41, 5.74) is 0. The summed E-state index contributed by atoms with van der Waals surface area (Å²) in [5, 5.41) is 0.430. The van der Waals surface area contributed by atoms with Crippen LogP contribution in [0.25, 0.3) is 0 Å². The molecule has 0 aromatic carbocycles. The van der Waals surface area contributed by atoms with Gasteiger partial charge in [-0.3, -0.25) is 4.21 Å². The van der Waals surface area contributed by atoms with E-state index in [1.165, 1.54) is 12.3 Å². The van der Waals surface area contributed by atoms with Crippen LogP contribution in [0.5, 0.6) is 5.88 Å². The van der Waals surface area contributed by atoms with Crippen LogP contribution < -0.4 is 4.74 Å². The molecule has 0 bridgehead atoms. The van der Waals surface area contributed by atoms with Crippen molar-refractivity contribution in [2.75, 3.05) is 12.9 Å². The van der Waals surface area contributed by atoms with Gasteiger partial charge in [0.15, 0.2) is 0 Å². The topological polar surface area (TPSA) is 52.1 Å². The van der Waals surface area contributed by atoms with Gasteiger partial charge in [-0.05, 0) is 6.92 Å². The molecule has 1 rings (SSSR count).